The van der Waals surface area contributed by atoms with E-state index in [0.29, 0.717) is 30.4 Å². The largest absolute Gasteiger partial charge is 0.466 e. The molecule has 0 aliphatic heterocycles. The number of ether oxygens (including phenoxy) is 1. The van der Waals surface area contributed by atoms with Crippen LogP contribution in [0, 0.1) is 19.8 Å². The molecule has 0 saturated carbocycles. The van der Waals surface area contributed by atoms with E-state index in [2.05, 4.69) is 19.2 Å². The zero-order valence-corrected chi connectivity index (χ0v) is 11.7. The number of hydrogen-bond acceptors (Lipinski definition) is 3. The van der Waals surface area contributed by atoms with Gasteiger partial charge in [-0.15, -0.1) is 0 Å². The first kappa shape index (κ1) is 14.8. The summed E-state index contributed by atoms with van der Waals surface area (Å²) in [7, 11) is 0. The molecule has 0 unspecified atom stereocenters. The van der Waals surface area contributed by atoms with Crippen molar-refractivity contribution in [2.75, 3.05) is 19.8 Å². The highest BCUT2D eigenvalue weighted by atomic mass is 16.5. The van der Waals surface area contributed by atoms with Gasteiger partial charge in [0.1, 0.15) is 11.5 Å². The van der Waals surface area contributed by atoms with Crippen LogP contribution in [0.25, 0.3) is 0 Å². The maximum atomic E-state index is 11.8. The van der Waals surface area contributed by atoms with E-state index in [1.165, 1.54) is 0 Å². The van der Waals surface area contributed by atoms with Gasteiger partial charge in [-0.05, 0) is 32.3 Å². The maximum absolute atomic E-state index is 11.8. The second-order valence-electron chi connectivity index (χ2n) is 4.91. The first-order valence-electron chi connectivity index (χ1n) is 6.43. The minimum absolute atomic E-state index is 0.0757. The molecular formula is C14H23NO3. The number of aryl methyl sites for hydroxylation is 2. The van der Waals surface area contributed by atoms with Crippen molar-refractivity contribution >= 4 is 5.91 Å². The van der Waals surface area contributed by atoms with Gasteiger partial charge in [0.2, 0.25) is 0 Å². The van der Waals surface area contributed by atoms with Gasteiger partial charge in [0.15, 0.2) is 0 Å². The number of nitrogens with one attached hydrogen (secondary N) is 1. The summed E-state index contributed by atoms with van der Waals surface area (Å²) in [4.78, 5) is 11.8. The lowest BCUT2D eigenvalue weighted by atomic mass is 10.2. The first-order chi connectivity index (χ1) is 8.50. The molecule has 0 aliphatic carbocycles. The molecule has 0 aromatic carbocycles. The second-order valence-corrected chi connectivity index (χ2v) is 4.91. The van der Waals surface area contributed by atoms with Crippen molar-refractivity contribution in [1.82, 2.24) is 5.32 Å². The third-order valence-electron chi connectivity index (χ3n) is 2.49. The topological polar surface area (TPSA) is 51.5 Å². The summed E-state index contributed by atoms with van der Waals surface area (Å²) < 4.78 is 10.8. The Morgan fingerprint density at radius 3 is 2.72 bits per heavy atom. The van der Waals surface area contributed by atoms with Crippen LogP contribution in [-0.2, 0) is 4.74 Å². The molecular weight excluding hydrogens is 230 g/mol. The fourth-order valence-corrected chi connectivity index (χ4v) is 1.65. The molecule has 0 spiro atoms. The molecule has 1 amide bonds. The first-order valence-corrected chi connectivity index (χ1v) is 6.43. The molecule has 1 rings (SSSR count). The van der Waals surface area contributed by atoms with Crippen molar-refractivity contribution in [1.29, 1.82) is 0 Å². The molecule has 0 radical (unpaired) electrons. The fourth-order valence-electron chi connectivity index (χ4n) is 1.65. The predicted molar refractivity (Wildman–Crippen MR) is 70.8 cm³/mol. The second kappa shape index (κ2) is 7.21. The van der Waals surface area contributed by atoms with E-state index >= 15 is 0 Å². The van der Waals surface area contributed by atoms with Crippen molar-refractivity contribution in [3.8, 4) is 0 Å². The molecule has 4 heteroatoms. The van der Waals surface area contributed by atoms with Crippen molar-refractivity contribution in [2.45, 2.75) is 34.1 Å². The van der Waals surface area contributed by atoms with Gasteiger partial charge in [0.05, 0.1) is 5.56 Å². The van der Waals surface area contributed by atoms with Crippen molar-refractivity contribution in [3.63, 3.8) is 0 Å². The van der Waals surface area contributed by atoms with Crippen LogP contribution in [0.4, 0.5) is 0 Å². The fraction of sp³-hybridized carbons (Fsp3) is 0.643. The van der Waals surface area contributed by atoms with Gasteiger partial charge in [0, 0.05) is 19.8 Å². The van der Waals surface area contributed by atoms with Crippen LogP contribution >= 0.6 is 0 Å². The molecule has 0 bridgehead atoms. The number of furan rings is 1. The van der Waals surface area contributed by atoms with Gasteiger partial charge >= 0.3 is 0 Å². The molecule has 1 N–H and O–H groups in total. The Kier molecular flexibility index (Phi) is 5.92. The minimum atomic E-state index is -0.0757. The third kappa shape index (κ3) is 4.92. The summed E-state index contributed by atoms with van der Waals surface area (Å²) in [6.45, 7) is 9.95. The highest BCUT2D eigenvalue weighted by molar-refractivity contribution is 5.95. The minimum Gasteiger partial charge on any atom is -0.466 e. The Labute approximate surface area is 109 Å². The van der Waals surface area contributed by atoms with E-state index < -0.39 is 0 Å². The molecule has 1 aromatic heterocycles. The lowest BCUT2D eigenvalue weighted by Crippen LogP contribution is -2.25. The molecule has 1 heterocycles. The molecule has 4 nitrogen and oxygen atoms in total. The molecule has 18 heavy (non-hydrogen) atoms. The molecule has 1 aromatic rings. The monoisotopic (exact) mass is 253 g/mol. The molecule has 102 valence electrons. The Morgan fingerprint density at radius 2 is 2.17 bits per heavy atom. The van der Waals surface area contributed by atoms with E-state index in [0.717, 1.165) is 18.8 Å². The lowest BCUT2D eigenvalue weighted by molar-refractivity contribution is 0.0923. The zero-order valence-electron chi connectivity index (χ0n) is 11.7. The van der Waals surface area contributed by atoms with Crippen LogP contribution in [0.15, 0.2) is 10.5 Å². The van der Waals surface area contributed by atoms with Gasteiger partial charge in [-0.1, -0.05) is 13.8 Å². The predicted octanol–water partition coefficient (Wildman–Crippen LogP) is 2.69. The van der Waals surface area contributed by atoms with Crippen molar-refractivity contribution in [3.05, 3.63) is 23.2 Å². The highest BCUT2D eigenvalue weighted by Gasteiger charge is 2.12. The third-order valence-corrected chi connectivity index (χ3v) is 2.49. The summed E-state index contributed by atoms with van der Waals surface area (Å²) in [5, 5.41) is 2.86. The molecule has 0 fully saturated rings. The average molecular weight is 253 g/mol. The average Bonchev–Trinajstić information content (AvgIpc) is 2.62. The van der Waals surface area contributed by atoms with Gasteiger partial charge in [-0.2, -0.15) is 0 Å². The number of rotatable bonds is 7. The maximum Gasteiger partial charge on any atom is 0.254 e. The molecule has 0 saturated heterocycles. The van der Waals surface area contributed by atoms with E-state index in [4.69, 9.17) is 9.15 Å². The summed E-state index contributed by atoms with van der Waals surface area (Å²) in [5.74, 6) is 1.91. The summed E-state index contributed by atoms with van der Waals surface area (Å²) in [6, 6.07) is 1.76. The van der Waals surface area contributed by atoms with Gasteiger partial charge in [-0.25, -0.2) is 0 Å². The SMILES string of the molecule is Cc1cc(C(=O)NCCCOCC(C)C)c(C)o1. The quantitative estimate of drug-likeness (QED) is 0.760. The molecule has 0 atom stereocenters. The van der Waals surface area contributed by atoms with Crippen LogP contribution < -0.4 is 5.32 Å². The number of carbonyl (C=O) groups is 1. The van der Waals surface area contributed by atoms with Crippen LogP contribution in [-0.4, -0.2) is 25.7 Å². The number of carbonyl (C=O) groups excluding carboxylic acids is 1. The summed E-state index contributed by atoms with van der Waals surface area (Å²) >= 11 is 0. The van der Waals surface area contributed by atoms with Crippen LogP contribution in [0.2, 0.25) is 0 Å². The van der Waals surface area contributed by atoms with Crippen LogP contribution in [0.3, 0.4) is 0 Å². The Balaban J connectivity index is 2.20. The van der Waals surface area contributed by atoms with E-state index in [-0.39, 0.29) is 5.91 Å². The van der Waals surface area contributed by atoms with Crippen LogP contribution in [0.5, 0.6) is 0 Å². The van der Waals surface area contributed by atoms with E-state index in [1.54, 1.807) is 13.0 Å². The Hall–Kier alpha value is -1.29. The van der Waals surface area contributed by atoms with Gasteiger partial charge < -0.3 is 14.5 Å². The van der Waals surface area contributed by atoms with Gasteiger partial charge in [-0.3, -0.25) is 4.79 Å². The lowest BCUT2D eigenvalue weighted by Gasteiger charge is -2.07. The Morgan fingerprint density at radius 1 is 1.44 bits per heavy atom. The van der Waals surface area contributed by atoms with Crippen LogP contribution in [0.1, 0.15) is 42.1 Å². The highest BCUT2D eigenvalue weighted by Crippen LogP contribution is 2.13. The normalized spacial score (nSPS) is 10.9. The molecule has 0 aliphatic rings. The van der Waals surface area contributed by atoms with E-state index in [9.17, 15) is 4.79 Å². The number of hydrogen-bond donors (Lipinski definition) is 1. The van der Waals surface area contributed by atoms with E-state index in [1.807, 2.05) is 6.92 Å². The van der Waals surface area contributed by atoms with Crippen molar-refractivity contribution in [2.24, 2.45) is 5.92 Å². The zero-order chi connectivity index (χ0) is 13.5. The van der Waals surface area contributed by atoms with Crippen molar-refractivity contribution < 1.29 is 13.9 Å². The Bertz CT molecular complexity index is 382. The standard InChI is InChI=1S/C14H23NO3/c1-10(2)9-17-7-5-6-15-14(16)13-8-11(3)18-12(13)4/h8,10H,5-7,9H2,1-4H3,(H,15,16). The smallest absolute Gasteiger partial charge is 0.254 e. The van der Waals surface area contributed by atoms with Gasteiger partial charge in [0.25, 0.3) is 5.91 Å². The summed E-state index contributed by atoms with van der Waals surface area (Å²) in [5.41, 5.74) is 0.621. The number of amides is 1. The summed E-state index contributed by atoms with van der Waals surface area (Å²) in [6.07, 6.45) is 0.828.